The third-order valence-electron chi connectivity index (χ3n) is 3.26. The molecule has 0 aliphatic rings. The van der Waals surface area contributed by atoms with Crippen LogP contribution in [-0.4, -0.2) is 15.0 Å². The first kappa shape index (κ1) is 16.0. The van der Waals surface area contributed by atoms with Crippen LogP contribution in [0.2, 0.25) is 5.02 Å². The zero-order valence-corrected chi connectivity index (χ0v) is 13.4. The van der Waals surface area contributed by atoms with Gasteiger partial charge in [0.15, 0.2) is 0 Å². The number of rotatable bonds is 6. The summed E-state index contributed by atoms with van der Waals surface area (Å²) in [6, 6.07) is 14.6. The second kappa shape index (κ2) is 7.07. The van der Waals surface area contributed by atoms with Gasteiger partial charge < -0.3 is 0 Å². The molecule has 0 radical (unpaired) electrons. The number of halogens is 1. The minimum atomic E-state index is -3.56. The van der Waals surface area contributed by atoms with Crippen LogP contribution < -0.4 is 4.72 Å². The summed E-state index contributed by atoms with van der Waals surface area (Å²) in [7, 11) is -3.56. The second-order valence-corrected chi connectivity index (χ2v) is 6.89. The fourth-order valence-corrected chi connectivity index (χ4v) is 3.56. The van der Waals surface area contributed by atoms with Crippen molar-refractivity contribution in [3.05, 3.63) is 64.7 Å². The highest BCUT2D eigenvalue weighted by molar-refractivity contribution is 7.89. The Kier molecular flexibility index (Phi) is 5.39. The molecule has 0 aromatic heterocycles. The van der Waals surface area contributed by atoms with Crippen LogP contribution in [0.4, 0.5) is 0 Å². The second-order valence-electron chi connectivity index (χ2n) is 4.75. The van der Waals surface area contributed by atoms with Gasteiger partial charge in [-0.1, -0.05) is 54.9 Å². The predicted octanol–water partition coefficient (Wildman–Crippen LogP) is 3.42. The highest BCUT2D eigenvalue weighted by Gasteiger charge is 2.16. The van der Waals surface area contributed by atoms with Crippen LogP contribution in [0.15, 0.2) is 53.4 Å². The van der Waals surface area contributed by atoms with Crippen LogP contribution in [0.5, 0.6) is 0 Å². The standard InChI is InChI=1S/C16H18ClNO2S/c1-2-13-7-9-14(10-8-13)11-12-18-21(19,20)16-6-4-3-5-15(16)17/h3-10,18H,2,11-12H2,1H3. The molecule has 2 aromatic carbocycles. The van der Waals surface area contributed by atoms with Gasteiger partial charge in [-0.25, -0.2) is 13.1 Å². The molecular formula is C16H18ClNO2S. The van der Waals surface area contributed by atoms with Gasteiger partial charge in [0, 0.05) is 6.54 Å². The Labute approximate surface area is 131 Å². The van der Waals surface area contributed by atoms with E-state index >= 15 is 0 Å². The summed E-state index contributed by atoms with van der Waals surface area (Å²) in [4.78, 5) is 0.119. The number of aryl methyl sites for hydroxylation is 1. The minimum absolute atomic E-state index is 0.119. The topological polar surface area (TPSA) is 46.2 Å². The molecule has 0 atom stereocenters. The van der Waals surface area contributed by atoms with Crippen molar-refractivity contribution in [1.29, 1.82) is 0 Å². The molecule has 21 heavy (non-hydrogen) atoms. The van der Waals surface area contributed by atoms with E-state index in [0.717, 1.165) is 12.0 Å². The molecule has 1 N–H and O–H groups in total. The van der Waals surface area contributed by atoms with Crippen molar-refractivity contribution >= 4 is 21.6 Å². The number of hydrogen-bond donors (Lipinski definition) is 1. The van der Waals surface area contributed by atoms with E-state index in [-0.39, 0.29) is 9.92 Å². The van der Waals surface area contributed by atoms with Gasteiger partial charge in [0.25, 0.3) is 0 Å². The van der Waals surface area contributed by atoms with Crippen LogP contribution in [0.1, 0.15) is 18.1 Å². The Balaban J connectivity index is 1.97. The van der Waals surface area contributed by atoms with Crippen molar-refractivity contribution in [1.82, 2.24) is 4.72 Å². The van der Waals surface area contributed by atoms with Crippen molar-refractivity contribution in [2.75, 3.05) is 6.54 Å². The normalized spacial score (nSPS) is 11.5. The SMILES string of the molecule is CCc1ccc(CCNS(=O)(=O)c2ccccc2Cl)cc1. The van der Waals surface area contributed by atoms with Crippen molar-refractivity contribution in [2.45, 2.75) is 24.7 Å². The van der Waals surface area contributed by atoms with E-state index in [4.69, 9.17) is 11.6 Å². The van der Waals surface area contributed by atoms with Gasteiger partial charge in [-0.05, 0) is 36.1 Å². The molecule has 0 bridgehead atoms. The van der Waals surface area contributed by atoms with Gasteiger partial charge in [-0.15, -0.1) is 0 Å². The molecule has 0 saturated carbocycles. The largest absolute Gasteiger partial charge is 0.242 e. The molecule has 0 aliphatic heterocycles. The smallest absolute Gasteiger partial charge is 0.211 e. The third kappa shape index (κ3) is 4.30. The Bertz CT molecular complexity index is 696. The van der Waals surface area contributed by atoms with E-state index in [1.165, 1.54) is 11.6 Å². The summed E-state index contributed by atoms with van der Waals surface area (Å²) in [6.07, 6.45) is 1.65. The van der Waals surface area contributed by atoms with Crippen molar-refractivity contribution in [3.63, 3.8) is 0 Å². The average molecular weight is 324 g/mol. The minimum Gasteiger partial charge on any atom is -0.211 e. The lowest BCUT2D eigenvalue weighted by atomic mass is 10.1. The lowest BCUT2D eigenvalue weighted by Crippen LogP contribution is -2.26. The molecule has 0 saturated heterocycles. The molecule has 2 aromatic rings. The number of hydrogen-bond acceptors (Lipinski definition) is 2. The highest BCUT2D eigenvalue weighted by Crippen LogP contribution is 2.20. The third-order valence-corrected chi connectivity index (χ3v) is 5.22. The van der Waals surface area contributed by atoms with Crippen LogP contribution in [0, 0.1) is 0 Å². The summed E-state index contributed by atoms with van der Waals surface area (Å²) in [6.45, 7) is 2.45. The van der Waals surface area contributed by atoms with Crippen LogP contribution in [0.3, 0.4) is 0 Å². The predicted molar refractivity (Wildman–Crippen MR) is 86.2 cm³/mol. The molecule has 0 unspecified atom stereocenters. The van der Waals surface area contributed by atoms with Crippen LogP contribution in [-0.2, 0) is 22.9 Å². The molecule has 112 valence electrons. The molecule has 5 heteroatoms. The van der Waals surface area contributed by atoms with E-state index in [2.05, 4.69) is 23.8 Å². The zero-order chi connectivity index (χ0) is 15.3. The molecule has 0 aliphatic carbocycles. The Morgan fingerprint density at radius 3 is 2.24 bits per heavy atom. The summed E-state index contributed by atoms with van der Waals surface area (Å²) >= 11 is 5.92. The number of benzene rings is 2. The highest BCUT2D eigenvalue weighted by atomic mass is 35.5. The van der Waals surface area contributed by atoms with Crippen molar-refractivity contribution < 1.29 is 8.42 Å². The lowest BCUT2D eigenvalue weighted by molar-refractivity contribution is 0.581. The summed E-state index contributed by atoms with van der Waals surface area (Å²) in [5, 5.41) is 0.234. The monoisotopic (exact) mass is 323 g/mol. The zero-order valence-electron chi connectivity index (χ0n) is 11.8. The van der Waals surface area contributed by atoms with E-state index < -0.39 is 10.0 Å². The maximum atomic E-state index is 12.1. The first-order valence-electron chi connectivity index (χ1n) is 6.85. The van der Waals surface area contributed by atoms with Gasteiger partial charge in [0.2, 0.25) is 10.0 Å². The van der Waals surface area contributed by atoms with E-state index in [1.807, 2.05) is 12.1 Å². The first-order chi connectivity index (χ1) is 10.0. The Hall–Kier alpha value is -1.36. The van der Waals surface area contributed by atoms with E-state index in [9.17, 15) is 8.42 Å². The van der Waals surface area contributed by atoms with Gasteiger partial charge in [0.1, 0.15) is 4.90 Å². The lowest BCUT2D eigenvalue weighted by Gasteiger charge is -2.08. The van der Waals surface area contributed by atoms with Crippen LogP contribution in [0.25, 0.3) is 0 Å². The fourth-order valence-electron chi connectivity index (χ4n) is 2.01. The van der Waals surface area contributed by atoms with E-state index in [1.54, 1.807) is 18.2 Å². The summed E-state index contributed by atoms with van der Waals surface area (Å²) in [5.41, 5.74) is 2.38. The molecule has 3 nitrogen and oxygen atoms in total. The Morgan fingerprint density at radius 2 is 1.62 bits per heavy atom. The van der Waals surface area contributed by atoms with Gasteiger partial charge >= 0.3 is 0 Å². The maximum absolute atomic E-state index is 12.1. The van der Waals surface area contributed by atoms with Gasteiger partial charge in [0.05, 0.1) is 5.02 Å². The molecule has 0 amide bonds. The van der Waals surface area contributed by atoms with Crippen molar-refractivity contribution in [3.8, 4) is 0 Å². The summed E-state index contributed by atoms with van der Waals surface area (Å²) < 4.78 is 26.9. The molecule has 0 heterocycles. The Morgan fingerprint density at radius 1 is 1.00 bits per heavy atom. The van der Waals surface area contributed by atoms with Gasteiger partial charge in [-0.3, -0.25) is 0 Å². The summed E-state index contributed by atoms with van der Waals surface area (Å²) in [5.74, 6) is 0. The van der Waals surface area contributed by atoms with Crippen molar-refractivity contribution in [2.24, 2.45) is 0 Å². The van der Waals surface area contributed by atoms with Gasteiger partial charge in [-0.2, -0.15) is 0 Å². The first-order valence-corrected chi connectivity index (χ1v) is 8.71. The maximum Gasteiger partial charge on any atom is 0.242 e. The molecule has 0 fully saturated rings. The number of sulfonamides is 1. The molecule has 2 rings (SSSR count). The van der Waals surface area contributed by atoms with Crippen LogP contribution >= 0.6 is 11.6 Å². The molecular weight excluding hydrogens is 306 g/mol. The quantitative estimate of drug-likeness (QED) is 0.885. The average Bonchev–Trinajstić information content (AvgIpc) is 2.48. The molecule has 0 spiro atoms. The fraction of sp³-hybridized carbons (Fsp3) is 0.250. The van der Waals surface area contributed by atoms with E-state index in [0.29, 0.717) is 13.0 Å². The number of nitrogens with one attached hydrogen (secondary N) is 1.